The number of hydrogen-bond acceptors (Lipinski definition) is 6. The van der Waals surface area contributed by atoms with Crippen molar-refractivity contribution in [2.75, 3.05) is 13.2 Å². The Bertz CT molecular complexity index is 548. The third-order valence-corrected chi connectivity index (χ3v) is 6.61. The largest absolute Gasteiger partial charge is 0.462 e. The molecular weight excluding hydrogens is 468 g/mol. The van der Waals surface area contributed by atoms with Crippen molar-refractivity contribution in [3.05, 3.63) is 0 Å². The van der Waals surface area contributed by atoms with Gasteiger partial charge in [0.15, 0.2) is 6.10 Å². The van der Waals surface area contributed by atoms with Crippen LogP contribution in [0.1, 0.15) is 162 Å². The van der Waals surface area contributed by atoms with Gasteiger partial charge in [0.1, 0.15) is 13.2 Å². The highest BCUT2D eigenvalue weighted by Crippen LogP contribution is 2.12. The molecule has 0 aromatic heterocycles. The van der Waals surface area contributed by atoms with Crippen LogP contribution in [0.4, 0.5) is 0 Å². The van der Waals surface area contributed by atoms with E-state index < -0.39 is 6.10 Å². The smallest absolute Gasteiger partial charge is 0.306 e. The van der Waals surface area contributed by atoms with E-state index in [9.17, 15) is 14.4 Å². The number of unbranched alkanes of at least 4 members (excludes halogenated alkanes) is 16. The topological polar surface area (TPSA) is 78.9 Å². The van der Waals surface area contributed by atoms with Crippen molar-refractivity contribution in [3.8, 4) is 0 Å². The molecule has 218 valence electrons. The summed E-state index contributed by atoms with van der Waals surface area (Å²) in [6.07, 6.45) is 21.4. The van der Waals surface area contributed by atoms with E-state index in [4.69, 9.17) is 14.2 Å². The van der Waals surface area contributed by atoms with E-state index >= 15 is 0 Å². The minimum Gasteiger partial charge on any atom is -0.462 e. The van der Waals surface area contributed by atoms with Gasteiger partial charge in [0.05, 0.1) is 0 Å². The number of ether oxygens (including phenoxy) is 3. The second-order valence-corrected chi connectivity index (χ2v) is 10.4. The first-order valence-electron chi connectivity index (χ1n) is 15.5. The van der Waals surface area contributed by atoms with Gasteiger partial charge in [-0.1, -0.05) is 124 Å². The summed E-state index contributed by atoms with van der Waals surface area (Å²) >= 11 is 0. The Balaban J connectivity index is 4.35. The Kier molecular flexibility index (Phi) is 26.3. The van der Waals surface area contributed by atoms with Gasteiger partial charge in [0, 0.05) is 19.3 Å². The number of carbonyl (C=O) groups excluding carboxylic acids is 3. The van der Waals surface area contributed by atoms with Gasteiger partial charge < -0.3 is 14.2 Å². The summed E-state index contributed by atoms with van der Waals surface area (Å²) < 4.78 is 16.3. The van der Waals surface area contributed by atoms with Crippen molar-refractivity contribution in [2.45, 2.75) is 168 Å². The van der Waals surface area contributed by atoms with Crippen molar-refractivity contribution in [1.82, 2.24) is 0 Å². The zero-order chi connectivity index (χ0) is 27.4. The van der Waals surface area contributed by atoms with E-state index in [1.54, 1.807) is 0 Å². The number of esters is 3. The van der Waals surface area contributed by atoms with Crippen LogP contribution in [0.2, 0.25) is 0 Å². The number of carbonyl (C=O) groups is 3. The second kappa shape index (κ2) is 27.4. The molecule has 0 N–H and O–H groups in total. The number of hydrogen-bond donors (Lipinski definition) is 0. The molecule has 0 rings (SSSR count). The molecule has 0 aromatic rings. The molecule has 0 bridgehead atoms. The lowest BCUT2D eigenvalue weighted by molar-refractivity contribution is -0.167. The van der Waals surface area contributed by atoms with Crippen LogP contribution in [-0.2, 0) is 28.6 Å². The Labute approximate surface area is 228 Å². The van der Waals surface area contributed by atoms with Gasteiger partial charge in [-0.3, -0.25) is 14.4 Å². The van der Waals surface area contributed by atoms with Gasteiger partial charge in [0.25, 0.3) is 0 Å². The minimum atomic E-state index is -0.751. The molecule has 0 aliphatic rings. The van der Waals surface area contributed by atoms with Crippen LogP contribution in [0.3, 0.4) is 0 Å². The van der Waals surface area contributed by atoms with Crippen molar-refractivity contribution >= 4 is 17.9 Å². The predicted octanol–water partition coefficient (Wildman–Crippen LogP) is 8.63. The molecule has 0 heterocycles. The van der Waals surface area contributed by atoms with Gasteiger partial charge in [-0.05, 0) is 19.3 Å². The van der Waals surface area contributed by atoms with E-state index in [1.165, 1.54) is 57.8 Å². The third kappa shape index (κ3) is 25.8. The molecule has 0 fully saturated rings. The summed E-state index contributed by atoms with van der Waals surface area (Å²) in [6, 6.07) is 0. The quantitative estimate of drug-likeness (QED) is 0.0605. The van der Waals surface area contributed by atoms with Gasteiger partial charge >= 0.3 is 17.9 Å². The van der Waals surface area contributed by atoms with E-state index in [0.717, 1.165) is 64.2 Å². The van der Waals surface area contributed by atoms with Crippen LogP contribution in [0.5, 0.6) is 0 Å². The molecule has 6 nitrogen and oxygen atoms in total. The lowest BCUT2D eigenvalue weighted by Gasteiger charge is -2.18. The zero-order valence-corrected chi connectivity index (χ0v) is 24.5. The average Bonchev–Trinajstić information content (AvgIpc) is 2.89. The molecule has 0 saturated heterocycles. The van der Waals surface area contributed by atoms with E-state index in [-0.39, 0.29) is 31.1 Å². The molecule has 0 amide bonds. The normalized spacial score (nSPS) is 11.8. The fourth-order valence-corrected chi connectivity index (χ4v) is 4.20. The van der Waals surface area contributed by atoms with Gasteiger partial charge in [0.2, 0.25) is 0 Å². The first-order chi connectivity index (χ1) is 18.0. The Morgan fingerprint density at radius 2 is 0.730 bits per heavy atom. The highest BCUT2D eigenvalue weighted by atomic mass is 16.6. The van der Waals surface area contributed by atoms with Crippen LogP contribution in [0.15, 0.2) is 0 Å². The molecule has 0 spiro atoms. The summed E-state index contributed by atoms with van der Waals surface area (Å²) in [4.78, 5) is 36.7. The molecule has 1 atom stereocenters. The predicted molar refractivity (Wildman–Crippen MR) is 150 cm³/mol. The van der Waals surface area contributed by atoms with E-state index in [0.29, 0.717) is 19.3 Å². The monoisotopic (exact) mass is 526 g/mol. The maximum Gasteiger partial charge on any atom is 0.306 e. The molecule has 0 radical (unpaired) electrons. The van der Waals surface area contributed by atoms with Gasteiger partial charge in [-0.15, -0.1) is 0 Å². The van der Waals surface area contributed by atoms with Crippen molar-refractivity contribution < 1.29 is 28.6 Å². The van der Waals surface area contributed by atoms with E-state index in [2.05, 4.69) is 20.8 Å². The van der Waals surface area contributed by atoms with Gasteiger partial charge in [-0.25, -0.2) is 0 Å². The minimum absolute atomic E-state index is 0.0676. The first kappa shape index (κ1) is 35.4. The molecule has 6 heteroatoms. The van der Waals surface area contributed by atoms with Gasteiger partial charge in [-0.2, -0.15) is 0 Å². The summed E-state index contributed by atoms with van der Waals surface area (Å²) in [5, 5.41) is 0. The third-order valence-electron chi connectivity index (χ3n) is 6.61. The van der Waals surface area contributed by atoms with E-state index in [1.807, 2.05) is 0 Å². The van der Waals surface area contributed by atoms with Crippen molar-refractivity contribution in [3.63, 3.8) is 0 Å². The molecule has 0 saturated carbocycles. The maximum atomic E-state index is 12.4. The molecule has 0 unspecified atom stereocenters. The lowest BCUT2D eigenvalue weighted by Crippen LogP contribution is -2.30. The lowest BCUT2D eigenvalue weighted by atomic mass is 10.1. The summed E-state index contributed by atoms with van der Waals surface area (Å²) in [6.45, 7) is 6.42. The second-order valence-electron chi connectivity index (χ2n) is 10.4. The zero-order valence-electron chi connectivity index (χ0n) is 24.5. The molecule has 0 aliphatic carbocycles. The molecule has 0 aromatic carbocycles. The standard InChI is InChI=1S/C31H58O6/c1-4-7-10-13-15-18-21-24-30(33)36-27-28(26-35-29(32)23-20-17-12-9-6-3)37-31(34)25-22-19-16-14-11-8-5-2/h28H,4-27H2,1-3H3/t28-/m1/s1. The van der Waals surface area contributed by atoms with Crippen LogP contribution in [-0.4, -0.2) is 37.2 Å². The SMILES string of the molecule is CCCCCCCCCC(=O)OC[C@@H](COC(=O)CCCCCCC)OC(=O)CCCCCCCCC. The van der Waals surface area contributed by atoms with Crippen LogP contribution in [0.25, 0.3) is 0 Å². The molecular formula is C31H58O6. The maximum absolute atomic E-state index is 12.4. The number of rotatable bonds is 27. The fourth-order valence-electron chi connectivity index (χ4n) is 4.20. The Morgan fingerprint density at radius 3 is 1.08 bits per heavy atom. The average molecular weight is 527 g/mol. The van der Waals surface area contributed by atoms with Crippen molar-refractivity contribution in [1.29, 1.82) is 0 Å². The highest BCUT2D eigenvalue weighted by molar-refractivity contribution is 5.71. The Hall–Kier alpha value is -1.59. The molecule has 0 aliphatic heterocycles. The van der Waals surface area contributed by atoms with Crippen molar-refractivity contribution in [2.24, 2.45) is 0 Å². The Morgan fingerprint density at radius 1 is 0.432 bits per heavy atom. The fraction of sp³-hybridized carbons (Fsp3) is 0.903. The summed E-state index contributed by atoms with van der Waals surface area (Å²) in [7, 11) is 0. The van der Waals surface area contributed by atoms with Crippen LogP contribution >= 0.6 is 0 Å². The highest BCUT2D eigenvalue weighted by Gasteiger charge is 2.19. The summed E-state index contributed by atoms with van der Waals surface area (Å²) in [5.74, 6) is -0.903. The van der Waals surface area contributed by atoms with Crippen LogP contribution < -0.4 is 0 Å². The molecule has 37 heavy (non-hydrogen) atoms. The summed E-state index contributed by atoms with van der Waals surface area (Å²) in [5.41, 5.74) is 0. The first-order valence-corrected chi connectivity index (χ1v) is 15.5. The van der Waals surface area contributed by atoms with Crippen LogP contribution in [0, 0.1) is 0 Å².